The van der Waals surface area contributed by atoms with Crippen LogP contribution in [0.15, 0.2) is 77.9 Å². The van der Waals surface area contributed by atoms with Crippen LogP contribution in [0.25, 0.3) is 22.8 Å². The van der Waals surface area contributed by atoms with Crippen LogP contribution in [0.3, 0.4) is 0 Å². The standard InChI is InChI=1S/C19H12F2N4O/c20-13-6-7-15(21)17(12-13)25-16(8-10-22-25)19-18(26)9-11-24(23-19)14-4-2-1-3-5-14/h1-12H. The van der Waals surface area contributed by atoms with Gasteiger partial charge in [-0.25, -0.2) is 18.1 Å². The number of rotatable bonds is 3. The molecule has 0 fully saturated rings. The Labute approximate surface area is 146 Å². The van der Waals surface area contributed by atoms with E-state index >= 15 is 0 Å². The number of para-hydroxylation sites is 1. The quantitative estimate of drug-likeness (QED) is 0.569. The SMILES string of the molecule is O=c1ccn(-c2ccccc2)nc1-c1ccnn1-c1cc(F)ccc1F. The Kier molecular flexibility index (Phi) is 3.89. The maximum absolute atomic E-state index is 14.1. The second-order valence-corrected chi connectivity index (χ2v) is 5.53. The molecule has 0 aliphatic heterocycles. The molecule has 0 bridgehead atoms. The average Bonchev–Trinajstić information content (AvgIpc) is 3.14. The Morgan fingerprint density at radius 3 is 2.54 bits per heavy atom. The van der Waals surface area contributed by atoms with Crippen molar-refractivity contribution in [2.45, 2.75) is 0 Å². The zero-order valence-corrected chi connectivity index (χ0v) is 13.4. The van der Waals surface area contributed by atoms with Crippen molar-refractivity contribution in [3.8, 4) is 22.8 Å². The third-order valence-corrected chi connectivity index (χ3v) is 3.85. The highest BCUT2D eigenvalue weighted by Crippen LogP contribution is 2.21. The van der Waals surface area contributed by atoms with E-state index in [4.69, 9.17) is 0 Å². The van der Waals surface area contributed by atoms with Crippen LogP contribution < -0.4 is 5.43 Å². The van der Waals surface area contributed by atoms with Gasteiger partial charge < -0.3 is 0 Å². The highest BCUT2D eigenvalue weighted by atomic mass is 19.1. The molecule has 0 spiro atoms. The fraction of sp³-hybridized carbons (Fsp3) is 0. The lowest BCUT2D eigenvalue weighted by molar-refractivity contribution is 0.587. The van der Waals surface area contributed by atoms with Gasteiger partial charge in [0, 0.05) is 18.3 Å². The van der Waals surface area contributed by atoms with Gasteiger partial charge in [-0.1, -0.05) is 18.2 Å². The molecule has 2 heterocycles. The summed E-state index contributed by atoms with van der Waals surface area (Å²) in [5.74, 6) is -1.26. The normalized spacial score (nSPS) is 10.8. The van der Waals surface area contributed by atoms with Gasteiger partial charge in [0.15, 0.2) is 5.69 Å². The van der Waals surface area contributed by atoms with Crippen LogP contribution in [-0.2, 0) is 0 Å². The van der Waals surface area contributed by atoms with Crippen LogP contribution in [0.2, 0.25) is 0 Å². The molecule has 7 heteroatoms. The molecule has 0 saturated heterocycles. The van der Waals surface area contributed by atoms with Gasteiger partial charge in [-0.15, -0.1) is 0 Å². The third kappa shape index (κ3) is 2.79. The van der Waals surface area contributed by atoms with Gasteiger partial charge in [-0.2, -0.15) is 10.2 Å². The van der Waals surface area contributed by atoms with E-state index in [1.807, 2.05) is 30.3 Å². The Hall–Kier alpha value is -3.61. The van der Waals surface area contributed by atoms with Crippen molar-refractivity contribution in [3.05, 3.63) is 94.9 Å². The van der Waals surface area contributed by atoms with E-state index in [1.54, 1.807) is 6.20 Å². The van der Waals surface area contributed by atoms with E-state index in [2.05, 4.69) is 10.2 Å². The lowest BCUT2D eigenvalue weighted by Gasteiger charge is -2.10. The van der Waals surface area contributed by atoms with Crippen LogP contribution in [0.5, 0.6) is 0 Å². The monoisotopic (exact) mass is 350 g/mol. The van der Waals surface area contributed by atoms with Crippen molar-refractivity contribution >= 4 is 0 Å². The van der Waals surface area contributed by atoms with Gasteiger partial charge in [0.25, 0.3) is 0 Å². The van der Waals surface area contributed by atoms with Crippen molar-refractivity contribution in [2.24, 2.45) is 0 Å². The molecule has 4 aromatic rings. The Balaban J connectivity index is 1.89. The fourth-order valence-electron chi connectivity index (χ4n) is 2.63. The number of hydrogen-bond donors (Lipinski definition) is 0. The highest BCUT2D eigenvalue weighted by molar-refractivity contribution is 5.57. The average molecular weight is 350 g/mol. The van der Waals surface area contributed by atoms with Gasteiger partial charge in [-0.05, 0) is 30.3 Å². The van der Waals surface area contributed by atoms with E-state index in [1.165, 1.54) is 23.0 Å². The summed E-state index contributed by atoms with van der Waals surface area (Å²) >= 11 is 0. The summed E-state index contributed by atoms with van der Waals surface area (Å²) in [4.78, 5) is 12.4. The molecule has 0 atom stereocenters. The molecule has 0 unspecified atom stereocenters. The Bertz CT molecular complexity index is 1140. The van der Waals surface area contributed by atoms with E-state index in [0.29, 0.717) is 0 Å². The molecule has 26 heavy (non-hydrogen) atoms. The molecule has 0 aliphatic carbocycles. The minimum absolute atomic E-state index is 0.0810. The third-order valence-electron chi connectivity index (χ3n) is 3.85. The number of nitrogens with zero attached hydrogens (tertiary/aromatic N) is 4. The lowest BCUT2D eigenvalue weighted by Crippen LogP contribution is -2.15. The first kappa shape index (κ1) is 15.9. The predicted molar refractivity (Wildman–Crippen MR) is 92.3 cm³/mol. The summed E-state index contributed by atoms with van der Waals surface area (Å²) in [6.07, 6.45) is 2.95. The van der Waals surface area contributed by atoms with Gasteiger partial charge in [0.05, 0.1) is 17.6 Å². The molecule has 5 nitrogen and oxygen atoms in total. The number of aromatic nitrogens is 4. The van der Waals surface area contributed by atoms with E-state index < -0.39 is 11.6 Å². The van der Waals surface area contributed by atoms with Gasteiger partial charge in [0.2, 0.25) is 5.43 Å². The molecule has 0 saturated carbocycles. The van der Waals surface area contributed by atoms with Gasteiger partial charge >= 0.3 is 0 Å². The number of hydrogen-bond acceptors (Lipinski definition) is 3. The smallest absolute Gasteiger partial charge is 0.209 e. The van der Waals surface area contributed by atoms with Crippen LogP contribution in [0.4, 0.5) is 8.78 Å². The predicted octanol–water partition coefficient (Wildman–Crippen LogP) is 3.36. The van der Waals surface area contributed by atoms with Crippen molar-refractivity contribution in [1.29, 1.82) is 0 Å². The van der Waals surface area contributed by atoms with E-state index in [0.717, 1.165) is 28.6 Å². The minimum atomic E-state index is -0.657. The number of halogens is 2. The minimum Gasteiger partial charge on any atom is -0.287 e. The first-order valence-corrected chi connectivity index (χ1v) is 7.79. The maximum Gasteiger partial charge on any atom is 0.209 e. The topological polar surface area (TPSA) is 52.7 Å². The fourth-order valence-corrected chi connectivity index (χ4v) is 2.63. The summed E-state index contributed by atoms with van der Waals surface area (Å²) < 4.78 is 30.4. The van der Waals surface area contributed by atoms with Crippen LogP contribution >= 0.6 is 0 Å². The zero-order valence-electron chi connectivity index (χ0n) is 13.4. The van der Waals surface area contributed by atoms with Crippen molar-refractivity contribution < 1.29 is 8.78 Å². The summed E-state index contributed by atoms with van der Waals surface area (Å²) in [5, 5.41) is 8.38. The van der Waals surface area contributed by atoms with Crippen LogP contribution in [-0.4, -0.2) is 19.6 Å². The van der Waals surface area contributed by atoms with Crippen molar-refractivity contribution in [3.63, 3.8) is 0 Å². The first-order chi connectivity index (χ1) is 12.6. The summed E-state index contributed by atoms with van der Waals surface area (Å²) in [5.41, 5.74) is 0.663. The summed E-state index contributed by atoms with van der Waals surface area (Å²) in [6, 6.07) is 15.2. The Morgan fingerprint density at radius 2 is 1.73 bits per heavy atom. The molecule has 2 aromatic carbocycles. The Morgan fingerprint density at radius 1 is 0.923 bits per heavy atom. The van der Waals surface area contributed by atoms with Gasteiger partial charge in [0.1, 0.15) is 17.3 Å². The molecule has 0 aliphatic rings. The highest BCUT2D eigenvalue weighted by Gasteiger charge is 2.16. The van der Waals surface area contributed by atoms with Crippen LogP contribution in [0, 0.1) is 11.6 Å². The summed E-state index contributed by atoms with van der Waals surface area (Å²) in [6.45, 7) is 0. The molecule has 2 aromatic heterocycles. The molecule has 4 rings (SSSR count). The van der Waals surface area contributed by atoms with E-state index in [9.17, 15) is 13.6 Å². The van der Waals surface area contributed by atoms with Gasteiger partial charge in [-0.3, -0.25) is 4.79 Å². The zero-order chi connectivity index (χ0) is 18.1. The number of benzene rings is 2. The van der Waals surface area contributed by atoms with E-state index in [-0.39, 0.29) is 22.5 Å². The molecular weight excluding hydrogens is 338 g/mol. The molecular formula is C19H12F2N4O. The second-order valence-electron chi connectivity index (χ2n) is 5.53. The second kappa shape index (κ2) is 6.36. The molecule has 128 valence electrons. The van der Waals surface area contributed by atoms with Crippen molar-refractivity contribution in [2.75, 3.05) is 0 Å². The first-order valence-electron chi connectivity index (χ1n) is 7.79. The maximum atomic E-state index is 14.1. The lowest BCUT2D eigenvalue weighted by atomic mass is 10.2. The molecule has 0 N–H and O–H groups in total. The van der Waals surface area contributed by atoms with Crippen molar-refractivity contribution in [1.82, 2.24) is 19.6 Å². The largest absolute Gasteiger partial charge is 0.287 e. The molecule has 0 amide bonds. The molecule has 0 radical (unpaired) electrons. The summed E-state index contributed by atoms with van der Waals surface area (Å²) in [7, 11) is 0. The van der Waals surface area contributed by atoms with Crippen LogP contribution in [0.1, 0.15) is 0 Å².